The van der Waals surface area contributed by atoms with Crippen LogP contribution in [0, 0.1) is 0 Å². The van der Waals surface area contributed by atoms with E-state index in [4.69, 9.17) is 16.3 Å². The Labute approximate surface area is 135 Å². The van der Waals surface area contributed by atoms with Gasteiger partial charge in [-0.3, -0.25) is 14.7 Å². The molecule has 0 atom stereocenters. The molecule has 0 N–H and O–H groups in total. The molecule has 1 aromatic carbocycles. The molecule has 6 heteroatoms. The number of hydrogen-bond donors (Lipinski definition) is 0. The van der Waals surface area contributed by atoms with Crippen LogP contribution in [0.2, 0.25) is 5.02 Å². The molecule has 1 aromatic rings. The summed E-state index contributed by atoms with van der Waals surface area (Å²) < 4.78 is 5.30. The van der Waals surface area contributed by atoms with Crippen molar-refractivity contribution in [1.29, 1.82) is 0 Å². The van der Waals surface area contributed by atoms with Crippen molar-refractivity contribution in [2.75, 3.05) is 33.3 Å². The second kappa shape index (κ2) is 6.57. The minimum atomic E-state index is -0.0738. The third-order valence-corrected chi connectivity index (χ3v) is 4.33. The molecule has 0 saturated carbocycles. The molecule has 0 radical (unpaired) electrons. The monoisotopic (exact) mass is 321 g/mol. The second-order valence-electron chi connectivity index (χ2n) is 5.53. The standard InChI is InChI=1S/C16H20ClN3O2/c1-22-14-11-12(17)5-6-13(14)15(21)20-10-7-18-16(20)19-8-3-2-4-9-19/h5-6,11H,2-4,7-10H2,1H3. The fraction of sp³-hybridized carbons (Fsp3) is 0.500. The van der Waals surface area contributed by atoms with Gasteiger partial charge in [0.2, 0.25) is 5.96 Å². The molecule has 2 aliphatic rings. The molecule has 0 aromatic heterocycles. The molecular weight excluding hydrogens is 302 g/mol. The number of methoxy groups -OCH3 is 1. The zero-order valence-corrected chi connectivity index (χ0v) is 13.5. The van der Waals surface area contributed by atoms with E-state index in [1.807, 2.05) is 0 Å². The number of nitrogens with zero attached hydrogens (tertiary/aromatic N) is 3. The Balaban J connectivity index is 1.84. The molecule has 2 heterocycles. The van der Waals surface area contributed by atoms with Crippen LogP contribution in [0.1, 0.15) is 29.6 Å². The van der Waals surface area contributed by atoms with Gasteiger partial charge in [0, 0.05) is 24.7 Å². The van der Waals surface area contributed by atoms with E-state index in [9.17, 15) is 4.79 Å². The van der Waals surface area contributed by atoms with E-state index < -0.39 is 0 Å². The van der Waals surface area contributed by atoms with E-state index in [1.165, 1.54) is 6.42 Å². The van der Waals surface area contributed by atoms with Crippen molar-refractivity contribution in [2.45, 2.75) is 19.3 Å². The molecule has 0 bridgehead atoms. The molecule has 0 unspecified atom stereocenters. The summed E-state index contributed by atoms with van der Waals surface area (Å²) in [5, 5.41) is 0.555. The number of rotatable bonds is 2. The summed E-state index contributed by atoms with van der Waals surface area (Å²) in [5.74, 6) is 1.24. The Morgan fingerprint density at radius 2 is 2.00 bits per heavy atom. The average Bonchev–Trinajstić information content (AvgIpc) is 3.04. The van der Waals surface area contributed by atoms with Crippen LogP contribution >= 0.6 is 11.6 Å². The number of likely N-dealkylation sites (tertiary alicyclic amines) is 1. The molecule has 1 amide bonds. The highest BCUT2D eigenvalue weighted by atomic mass is 35.5. The van der Waals surface area contributed by atoms with E-state index in [0.29, 0.717) is 29.4 Å². The lowest BCUT2D eigenvalue weighted by Gasteiger charge is -2.32. The van der Waals surface area contributed by atoms with Gasteiger partial charge in [-0.1, -0.05) is 11.6 Å². The molecule has 2 aliphatic heterocycles. The van der Waals surface area contributed by atoms with Gasteiger partial charge in [0.05, 0.1) is 19.2 Å². The maximum atomic E-state index is 12.9. The molecule has 0 aliphatic carbocycles. The maximum absolute atomic E-state index is 12.9. The van der Waals surface area contributed by atoms with E-state index >= 15 is 0 Å². The summed E-state index contributed by atoms with van der Waals surface area (Å²) >= 11 is 5.97. The number of halogens is 1. The van der Waals surface area contributed by atoms with E-state index in [2.05, 4.69) is 9.89 Å². The van der Waals surface area contributed by atoms with Gasteiger partial charge >= 0.3 is 0 Å². The lowest BCUT2D eigenvalue weighted by atomic mass is 10.1. The third-order valence-electron chi connectivity index (χ3n) is 4.10. The first-order valence-corrected chi connectivity index (χ1v) is 8.03. The lowest BCUT2D eigenvalue weighted by molar-refractivity contribution is 0.0838. The highest BCUT2D eigenvalue weighted by Crippen LogP contribution is 2.26. The molecular formula is C16H20ClN3O2. The van der Waals surface area contributed by atoms with E-state index in [1.54, 1.807) is 30.2 Å². The van der Waals surface area contributed by atoms with Gasteiger partial charge in [0.25, 0.3) is 5.91 Å². The number of hydrogen-bond acceptors (Lipinski definition) is 4. The summed E-state index contributed by atoms with van der Waals surface area (Å²) in [4.78, 5) is 21.4. The predicted molar refractivity (Wildman–Crippen MR) is 86.8 cm³/mol. The SMILES string of the molecule is COc1cc(Cl)ccc1C(=O)N1CCN=C1N1CCCCC1. The van der Waals surface area contributed by atoms with Crippen LogP contribution < -0.4 is 4.74 Å². The van der Waals surface area contributed by atoms with Gasteiger partial charge in [-0.2, -0.15) is 0 Å². The lowest BCUT2D eigenvalue weighted by Crippen LogP contribution is -2.47. The fourth-order valence-corrected chi connectivity index (χ4v) is 3.14. The molecule has 118 valence electrons. The van der Waals surface area contributed by atoms with Crippen LogP contribution in [0.3, 0.4) is 0 Å². The van der Waals surface area contributed by atoms with Crippen LogP contribution in [0.15, 0.2) is 23.2 Å². The maximum Gasteiger partial charge on any atom is 0.264 e. The highest BCUT2D eigenvalue weighted by molar-refractivity contribution is 6.31. The average molecular weight is 322 g/mol. The normalized spacial score (nSPS) is 18.4. The largest absolute Gasteiger partial charge is 0.496 e. The van der Waals surface area contributed by atoms with Crippen molar-refractivity contribution in [3.8, 4) is 5.75 Å². The topological polar surface area (TPSA) is 45.1 Å². The Bertz CT molecular complexity index is 597. The van der Waals surface area contributed by atoms with E-state index in [0.717, 1.165) is 31.9 Å². The first-order chi connectivity index (χ1) is 10.7. The Morgan fingerprint density at radius 3 is 2.73 bits per heavy atom. The minimum Gasteiger partial charge on any atom is -0.496 e. The quantitative estimate of drug-likeness (QED) is 0.841. The number of benzene rings is 1. The smallest absolute Gasteiger partial charge is 0.264 e. The molecule has 1 saturated heterocycles. The molecule has 1 fully saturated rings. The van der Waals surface area contributed by atoms with Crippen molar-refractivity contribution in [1.82, 2.24) is 9.80 Å². The van der Waals surface area contributed by atoms with Crippen LogP contribution in [0.4, 0.5) is 0 Å². The summed E-state index contributed by atoms with van der Waals surface area (Å²) in [5.41, 5.74) is 0.526. The van der Waals surface area contributed by atoms with Crippen LogP contribution in [0.25, 0.3) is 0 Å². The van der Waals surface area contributed by atoms with Crippen molar-refractivity contribution in [3.05, 3.63) is 28.8 Å². The van der Waals surface area contributed by atoms with Gasteiger partial charge in [0.1, 0.15) is 5.75 Å². The van der Waals surface area contributed by atoms with Crippen molar-refractivity contribution < 1.29 is 9.53 Å². The van der Waals surface area contributed by atoms with E-state index in [-0.39, 0.29) is 5.91 Å². The van der Waals surface area contributed by atoms with Gasteiger partial charge < -0.3 is 9.64 Å². The molecule has 5 nitrogen and oxygen atoms in total. The fourth-order valence-electron chi connectivity index (χ4n) is 2.98. The molecule has 22 heavy (non-hydrogen) atoms. The number of carbonyl (C=O) groups is 1. The van der Waals surface area contributed by atoms with Gasteiger partial charge in [-0.25, -0.2) is 0 Å². The van der Waals surface area contributed by atoms with Gasteiger partial charge in [-0.05, 0) is 37.5 Å². The van der Waals surface area contributed by atoms with Crippen molar-refractivity contribution in [2.24, 2.45) is 4.99 Å². The summed E-state index contributed by atoms with van der Waals surface area (Å²) in [7, 11) is 1.55. The van der Waals surface area contributed by atoms with Crippen molar-refractivity contribution in [3.63, 3.8) is 0 Å². The summed E-state index contributed by atoms with van der Waals surface area (Å²) in [6.07, 6.45) is 3.57. The summed E-state index contributed by atoms with van der Waals surface area (Å²) in [6.45, 7) is 3.23. The van der Waals surface area contributed by atoms with Crippen LogP contribution in [-0.4, -0.2) is 55.0 Å². The number of ether oxygens (including phenoxy) is 1. The summed E-state index contributed by atoms with van der Waals surface area (Å²) in [6, 6.07) is 5.10. The Hall–Kier alpha value is -1.75. The minimum absolute atomic E-state index is 0.0738. The third kappa shape index (κ3) is 2.90. The number of carbonyl (C=O) groups excluding carboxylic acids is 1. The number of guanidine groups is 1. The zero-order chi connectivity index (χ0) is 15.5. The molecule has 0 spiro atoms. The van der Waals surface area contributed by atoms with Crippen molar-refractivity contribution >= 4 is 23.5 Å². The van der Waals surface area contributed by atoms with Gasteiger partial charge in [-0.15, -0.1) is 0 Å². The number of piperidine rings is 1. The number of amides is 1. The Kier molecular flexibility index (Phi) is 4.52. The first-order valence-electron chi connectivity index (χ1n) is 7.65. The molecule has 3 rings (SSSR count). The highest BCUT2D eigenvalue weighted by Gasteiger charge is 2.30. The second-order valence-corrected chi connectivity index (χ2v) is 5.97. The van der Waals surface area contributed by atoms with Crippen LogP contribution in [-0.2, 0) is 0 Å². The number of aliphatic imine (C=N–C) groups is 1. The zero-order valence-electron chi connectivity index (χ0n) is 12.7. The van der Waals surface area contributed by atoms with Gasteiger partial charge in [0.15, 0.2) is 0 Å². The Morgan fingerprint density at radius 1 is 1.23 bits per heavy atom. The predicted octanol–water partition coefficient (Wildman–Crippen LogP) is 2.65. The van der Waals surface area contributed by atoms with Crippen LogP contribution in [0.5, 0.6) is 5.75 Å². The first kappa shape index (κ1) is 15.2.